The molecule has 0 aromatic heterocycles. The van der Waals surface area contributed by atoms with Gasteiger partial charge in [0.1, 0.15) is 6.04 Å². The Bertz CT molecular complexity index is 785. The molecule has 27 heavy (non-hydrogen) atoms. The van der Waals surface area contributed by atoms with Gasteiger partial charge in [0, 0.05) is 18.7 Å². The Morgan fingerprint density at radius 2 is 1.81 bits per heavy atom. The second kappa shape index (κ2) is 8.84. The number of benzene rings is 1. The first kappa shape index (κ1) is 21.4. The molecule has 0 bridgehead atoms. The zero-order valence-electron chi connectivity index (χ0n) is 16.0. The molecule has 1 aliphatic carbocycles. The van der Waals surface area contributed by atoms with Crippen LogP contribution in [-0.2, 0) is 14.8 Å². The molecule has 1 aliphatic rings. The summed E-state index contributed by atoms with van der Waals surface area (Å²) < 4.78 is 27.3. The number of nitrogens with one attached hydrogen (secondary N) is 1. The molecule has 1 aromatic rings. The number of rotatable bonds is 7. The number of sulfonamides is 1. The number of hydrogen-bond donors (Lipinski definition) is 2. The summed E-state index contributed by atoms with van der Waals surface area (Å²) in [6.07, 6.45) is 4.83. The highest BCUT2D eigenvalue weighted by atomic mass is 32.2. The predicted molar refractivity (Wildman–Crippen MR) is 102 cm³/mol. The smallest absolute Gasteiger partial charge is 0.326 e. The molecule has 0 heterocycles. The third-order valence-corrected chi connectivity index (χ3v) is 6.99. The molecule has 150 valence electrons. The average molecular weight is 397 g/mol. The Balaban J connectivity index is 2.22. The molecule has 1 saturated carbocycles. The van der Waals surface area contributed by atoms with Crippen LogP contribution in [0.1, 0.15) is 56.3 Å². The lowest BCUT2D eigenvalue weighted by Gasteiger charge is -2.30. The van der Waals surface area contributed by atoms with E-state index in [1.807, 2.05) is 0 Å². The van der Waals surface area contributed by atoms with Crippen molar-refractivity contribution in [1.29, 1.82) is 0 Å². The molecule has 7 nitrogen and oxygen atoms in total. The topological polar surface area (TPSA) is 104 Å². The van der Waals surface area contributed by atoms with E-state index in [9.17, 15) is 23.1 Å². The van der Waals surface area contributed by atoms with Crippen molar-refractivity contribution in [2.24, 2.45) is 5.92 Å². The highest BCUT2D eigenvalue weighted by Crippen LogP contribution is 2.26. The summed E-state index contributed by atoms with van der Waals surface area (Å²) in [4.78, 5) is 23.8. The maximum Gasteiger partial charge on any atom is 0.326 e. The van der Waals surface area contributed by atoms with E-state index in [-0.39, 0.29) is 22.4 Å². The Hall–Kier alpha value is -1.93. The molecule has 0 aliphatic heterocycles. The minimum atomic E-state index is -3.72. The van der Waals surface area contributed by atoms with Crippen molar-refractivity contribution in [2.45, 2.75) is 62.9 Å². The Morgan fingerprint density at radius 1 is 1.19 bits per heavy atom. The Kier molecular flexibility index (Phi) is 7.00. The van der Waals surface area contributed by atoms with E-state index >= 15 is 0 Å². The predicted octanol–water partition coefficient (Wildman–Crippen LogP) is 2.48. The van der Waals surface area contributed by atoms with Gasteiger partial charge in [-0.25, -0.2) is 13.2 Å². The van der Waals surface area contributed by atoms with Gasteiger partial charge in [-0.3, -0.25) is 4.79 Å². The van der Waals surface area contributed by atoms with Gasteiger partial charge < -0.3 is 10.4 Å². The third-order valence-electron chi connectivity index (χ3n) is 5.08. The van der Waals surface area contributed by atoms with Crippen molar-refractivity contribution in [3.05, 3.63) is 29.8 Å². The van der Waals surface area contributed by atoms with E-state index in [2.05, 4.69) is 5.32 Å². The fourth-order valence-corrected chi connectivity index (χ4v) is 4.81. The van der Waals surface area contributed by atoms with E-state index < -0.39 is 27.9 Å². The number of nitrogens with zero attached hydrogens (tertiary/aromatic N) is 1. The van der Waals surface area contributed by atoms with Crippen molar-refractivity contribution in [3.8, 4) is 0 Å². The van der Waals surface area contributed by atoms with E-state index in [0.717, 1.165) is 32.1 Å². The fraction of sp³-hybridized carbons (Fsp3) is 0.579. The molecular weight excluding hydrogens is 368 g/mol. The SMILES string of the molecule is CC(C)C(NC(=O)c1cccc(S(=O)(=O)N(C)C2CCCCC2)c1)C(=O)O. The minimum absolute atomic E-state index is 0.0291. The summed E-state index contributed by atoms with van der Waals surface area (Å²) in [5.41, 5.74) is 0.125. The molecule has 8 heteroatoms. The summed E-state index contributed by atoms with van der Waals surface area (Å²) in [7, 11) is -2.14. The van der Waals surface area contributed by atoms with Gasteiger partial charge in [0.05, 0.1) is 4.90 Å². The van der Waals surface area contributed by atoms with Crippen LogP contribution in [0.2, 0.25) is 0 Å². The summed E-state index contributed by atoms with van der Waals surface area (Å²) in [5.74, 6) is -2.02. The van der Waals surface area contributed by atoms with Crippen molar-refractivity contribution >= 4 is 21.9 Å². The number of carbonyl (C=O) groups excluding carboxylic acids is 1. The highest BCUT2D eigenvalue weighted by Gasteiger charge is 2.30. The van der Waals surface area contributed by atoms with Crippen molar-refractivity contribution in [3.63, 3.8) is 0 Å². The molecule has 2 N–H and O–H groups in total. The summed E-state index contributed by atoms with van der Waals surface area (Å²) in [6.45, 7) is 3.39. The second-order valence-electron chi connectivity index (χ2n) is 7.37. The van der Waals surface area contributed by atoms with Crippen molar-refractivity contribution < 1.29 is 23.1 Å². The van der Waals surface area contributed by atoms with Crippen LogP contribution < -0.4 is 5.32 Å². The zero-order valence-corrected chi connectivity index (χ0v) is 16.8. The van der Waals surface area contributed by atoms with Crippen LogP contribution in [0.4, 0.5) is 0 Å². The van der Waals surface area contributed by atoms with E-state index in [1.54, 1.807) is 20.9 Å². The molecule has 1 atom stereocenters. The van der Waals surface area contributed by atoms with E-state index in [1.165, 1.54) is 28.6 Å². The monoisotopic (exact) mass is 396 g/mol. The quantitative estimate of drug-likeness (QED) is 0.737. The lowest BCUT2D eigenvalue weighted by atomic mass is 9.96. The van der Waals surface area contributed by atoms with Gasteiger partial charge in [-0.15, -0.1) is 0 Å². The van der Waals surface area contributed by atoms with E-state index in [4.69, 9.17) is 0 Å². The fourth-order valence-electron chi connectivity index (χ4n) is 3.34. The van der Waals surface area contributed by atoms with E-state index in [0.29, 0.717) is 0 Å². The number of carboxylic acids is 1. The molecule has 0 radical (unpaired) electrons. The summed E-state index contributed by atoms with van der Waals surface area (Å²) >= 11 is 0. The van der Waals surface area contributed by atoms with Crippen LogP contribution in [-0.4, -0.2) is 48.8 Å². The normalized spacial score (nSPS) is 17.1. The summed E-state index contributed by atoms with van der Waals surface area (Å²) in [6, 6.07) is 4.68. The van der Waals surface area contributed by atoms with Crippen LogP contribution in [0, 0.1) is 5.92 Å². The van der Waals surface area contributed by atoms with Gasteiger partial charge in [-0.2, -0.15) is 4.31 Å². The second-order valence-corrected chi connectivity index (χ2v) is 9.37. The average Bonchev–Trinajstić information content (AvgIpc) is 2.65. The number of carboxylic acid groups (broad SMARTS) is 1. The van der Waals surface area contributed by atoms with Gasteiger partial charge >= 0.3 is 5.97 Å². The third kappa shape index (κ3) is 5.07. The van der Waals surface area contributed by atoms with Crippen LogP contribution >= 0.6 is 0 Å². The van der Waals surface area contributed by atoms with Gasteiger partial charge in [0.15, 0.2) is 0 Å². The first-order chi connectivity index (χ1) is 12.6. The molecule has 1 unspecified atom stereocenters. The molecule has 1 fully saturated rings. The van der Waals surface area contributed by atoms with Gasteiger partial charge in [-0.05, 0) is 37.0 Å². The lowest BCUT2D eigenvalue weighted by molar-refractivity contribution is -0.140. The standard InChI is InChI=1S/C19H28N2O5S/c1-13(2)17(19(23)24)20-18(22)14-8-7-11-16(12-14)27(25,26)21(3)15-9-5-4-6-10-15/h7-8,11-13,15,17H,4-6,9-10H2,1-3H3,(H,20,22)(H,23,24). The first-order valence-electron chi connectivity index (χ1n) is 9.26. The van der Waals surface area contributed by atoms with Crippen LogP contribution in [0.25, 0.3) is 0 Å². The van der Waals surface area contributed by atoms with Crippen LogP contribution in [0.5, 0.6) is 0 Å². The molecule has 1 amide bonds. The van der Waals surface area contributed by atoms with Crippen molar-refractivity contribution in [2.75, 3.05) is 7.05 Å². The van der Waals surface area contributed by atoms with Gasteiger partial charge in [0.25, 0.3) is 5.91 Å². The summed E-state index contributed by atoms with van der Waals surface area (Å²) in [5, 5.41) is 11.7. The number of carbonyl (C=O) groups is 2. The van der Waals surface area contributed by atoms with Gasteiger partial charge in [-0.1, -0.05) is 39.2 Å². The van der Waals surface area contributed by atoms with Gasteiger partial charge in [0.2, 0.25) is 10.0 Å². The van der Waals surface area contributed by atoms with Crippen LogP contribution in [0.3, 0.4) is 0 Å². The zero-order chi connectivity index (χ0) is 20.2. The molecular formula is C19H28N2O5S. The first-order valence-corrected chi connectivity index (χ1v) is 10.7. The molecule has 0 spiro atoms. The lowest BCUT2D eigenvalue weighted by Crippen LogP contribution is -2.44. The maximum absolute atomic E-state index is 12.9. The van der Waals surface area contributed by atoms with Crippen molar-refractivity contribution in [1.82, 2.24) is 9.62 Å². The Morgan fingerprint density at radius 3 is 2.37 bits per heavy atom. The number of hydrogen-bond acceptors (Lipinski definition) is 4. The Labute approximate surface area is 160 Å². The van der Waals surface area contributed by atoms with Crippen LogP contribution in [0.15, 0.2) is 29.2 Å². The number of aliphatic carboxylic acids is 1. The molecule has 2 rings (SSSR count). The molecule has 0 saturated heterocycles. The largest absolute Gasteiger partial charge is 0.480 e. The highest BCUT2D eigenvalue weighted by molar-refractivity contribution is 7.89. The number of amides is 1. The minimum Gasteiger partial charge on any atom is -0.480 e. The molecule has 1 aromatic carbocycles. The maximum atomic E-state index is 12.9.